The molecule has 0 heterocycles. The van der Waals surface area contributed by atoms with Crippen molar-refractivity contribution in [3.05, 3.63) is 35.4 Å². The highest BCUT2D eigenvalue weighted by Crippen LogP contribution is 2.11. The molecule has 1 unspecified atom stereocenters. The Morgan fingerprint density at radius 2 is 2.05 bits per heavy atom. The van der Waals surface area contributed by atoms with Gasteiger partial charge in [0.25, 0.3) is 5.91 Å². The molecule has 0 aliphatic carbocycles. The highest BCUT2D eigenvalue weighted by molar-refractivity contribution is 5.96. The fraction of sp³-hybridized carbons (Fsp3) is 0.375. The van der Waals surface area contributed by atoms with Crippen LogP contribution in [0, 0.1) is 17.8 Å². The van der Waals surface area contributed by atoms with Crippen molar-refractivity contribution in [3.8, 4) is 11.8 Å². The van der Waals surface area contributed by atoms with Crippen LogP contribution in [-0.2, 0) is 9.53 Å². The van der Waals surface area contributed by atoms with Crippen LogP contribution in [0.5, 0.6) is 0 Å². The van der Waals surface area contributed by atoms with Gasteiger partial charge in [0, 0.05) is 19.2 Å². The van der Waals surface area contributed by atoms with Crippen molar-refractivity contribution in [1.82, 2.24) is 4.90 Å². The first-order valence-electron chi connectivity index (χ1n) is 6.62. The molecule has 0 saturated heterocycles. The van der Waals surface area contributed by atoms with Gasteiger partial charge in [-0.2, -0.15) is 0 Å². The van der Waals surface area contributed by atoms with Crippen LogP contribution in [0.2, 0.25) is 0 Å². The quantitative estimate of drug-likeness (QED) is 0.659. The summed E-state index contributed by atoms with van der Waals surface area (Å²) >= 11 is 0. The van der Waals surface area contributed by atoms with E-state index in [0.717, 1.165) is 0 Å². The van der Waals surface area contributed by atoms with Crippen LogP contribution in [0.25, 0.3) is 0 Å². The lowest BCUT2D eigenvalue weighted by atomic mass is 10.1. The number of hydrogen-bond donors (Lipinski definition) is 1. The zero-order valence-corrected chi connectivity index (χ0v) is 12.6. The molecule has 1 aromatic carbocycles. The molecule has 2 N–H and O–H groups in total. The van der Waals surface area contributed by atoms with E-state index < -0.39 is 0 Å². The van der Waals surface area contributed by atoms with E-state index in [1.165, 1.54) is 12.0 Å². The first-order valence-corrected chi connectivity index (χ1v) is 6.62. The SMILES string of the molecule is COC(=O)C(C)CN(C)C(=O)c1ccccc1C#CCN. The van der Waals surface area contributed by atoms with Crippen LogP contribution in [0.15, 0.2) is 24.3 Å². The Hall–Kier alpha value is -2.32. The second-order valence-corrected chi connectivity index (χ2v) is 4.66. The van der Waals surface area contributed by atoms with Gasteiger partial charge in [-0.1, -0.05) is 30.9 Å². The fourth-order valence-corrected chi connectivity index (χ4v) is 1.90. The molecule has 0 aliphatic rings. The molecule has 5 nitrogen and oxygen atoms in total. The molecule has 1 atom stereocenters. The second-order valence-electron chi connectivity index (χ2n) is 4.66. The van der Waals surface area contributed by atoms with Crippen molar-refractivity contribution in [2.75, 3.05) is 27.2 Å². The molecule has 1 aromatic rings. The van der Waals surface area contributed by atoms with Gasteiger partial charge in [0.15, 0.2) is 0 Å². The van der Waals surface area contributed by atoms with E-state index in [1.54, 1.807) is 32.2 Å². The molecule has 1 amide bonds. The van der Waals surface area contributed by atoms with Crippen molar-refractivity contribution in [1.29, 1.82) is 0 Å². The van der Waals surface area contributed by atoms with Crippen molar-refractivity contribution < 1.29 is 14.3 Å². The van der Waals surface area contributed by atoms with Crippen LogP contribution >= 0.6 is 0 Å². The van der Waals surface area contributed by atoms with Gasteiger partial charge in [0.1, 0.15) is 0 Å². The van der Waals surface area contributed by atoms with Crippen LogP contribution in [0.4, 0.5) is 0 Å². The zero-order chi connectivity index (χ0) is 15.8. The number of amides is 1. The maximum atomic E-state index is 12.4. The monoisotopic (exact) mass is 288 g/mol. The third kappa shape index (κ3) is 4.62. The number of nitrogens with two attached hydrogens (primary N) is 1. The second kappa shape index (κ2) is 8.08. The summed E-state index contributed by atoms with van der Waals surface area (Å²) in [4.78, 5) is 25.4. The molecule has 0 saturated carbocycles. The Morgan fingerprint density at radius 1 is 1.38 bits per heavy atom. The summed E-state index contributed by atoms with van der Waals surface area (Å²) in [7, 11) is 2.98. The number of methoxy groups -OCH3 is 1. The first-order chi connectivity index (χ1) is 10.0. The van der Waals surface area contributed by atoms with Gasteiger partial charge in [-0.15, -0.1) is 0 Å². The third-order valence-corrected chi connectivity index (χ3v) is 2.98. The largest absolute Gasteiger partial charge is 0.469 e. The minimum atomic E-state index is -0.383. The van der Waals surface area contributed by atoms with E-state index in [9.17, 15) is 9.59 Å². The lowest BCUT2D eigenvalue weighted by molar-refractivity contribution is -0.145. The number of carbonyl (C=O) groups is 2. The highest BCUT2D eigenvalue weighted by Gasteiger charge is 2.20. The molecule has 0 spiro atoms. The van der Waals surface area contributed by atoms with Crippen molar-refractivity contribution in [3.63, 3.8) is 0 Å². The predicted molar refractivity (Wildman–Crippen MR) is 80.5 cm³/mol. The van der Waals surface area contributed by atoms with E-state index in [2.05, 4.69) is 16.6 Å². The maximum Gasteiger partial charge on any atom is 0.310 e. The van der Waals surface area contributed by atoms with Crippen molar-refractivity contribution in [2.45, 2.75) is 6.92 Å². The van der Waals surface area contributed by atoms with Crippen molar-refractivity contribution in [2.24, 2.45) is 11.7 Å². The van der Waals surface area contributed by atoms with Gasteiger partial charge in [0.05, 0.1) is 25.1 Å². The minimum absolute atomic E-state index is 0.187. The molecule has 0 fully saturated rings. The Labute approximate surface area is 125 Å². The molecule has 5 heteroatoms. The number of ether oxygens (including phenoxy) is 1. The Balaban J connectivity index is 2.90. The Bertz CT molecular complexity index is 572. The van der Waals surface area contributed by atoms with Crippen LogP contribution in [-0.4, -0.2) is 44.0 Å². The summed E-state index contributed by atoms with van der Waals surface area (Å²) < 4.78 is 4.66. The number of hydrogen-bond acceptors (Lipinski definition) is 4. The molecular weight excluding hydrogens is 268 g/mol. The predicted octanol–water partition coefficient (Wildman–Crippen LogP) is 0.878. The van der Waals surface area contributed by atoms with Gasteiger partial charge in [-0.3, -0.25) is 9.59 Å². The normalized spacial score (nSPS) is 11.0. The molecule has 0 aliphatic heterocycles. The smallest absolute Gasteiger partial charge is 0.310 e. The molecule has 112 valence electrons. The van der Waals surface area contributed by atoms with Crippen molar-refractivity contribution >= 4 is 11.9 Å². The van der Waals surface area contributed by atoms with E-state index in [1.807, 2.05) is 6.07 Å². The maximum absolute atomic E-state index is 12.4. The number of carbonyl (C=O) groups excluding carboxylic acids is 2. The van der Waals surface area contributed by atoms with E-state index >= 15 is 0 Å². The zero-order valence-electron chi connectivity index (χ0n) is 12.6. The van der Waals surface area contributed by atoms with Gasteiger partial charge >= 0.3 is 5.97 Å². The summed E-state index contributed by atoms with van der Waals surface area (Å²) in [6.07, 6.45) is 0. The Morgan fingerprint density at radius 3 is 2.67 bits per heavy atom. The van der Waals surface area contributed by atoms with Gasteiger partial charge < -0.3 is 15.4 Å². The molecule has 21 heavy (non-hydrogen) atoms. The number of rotatable bonds is 4. The third-order valence-electron chi connectivity index (χ3n) is 2.98. The molecule has 1 rings (SSSR count). The number of nitrogens with zero attached hydrogens (tertiary/aromatic N) is 1. The van der Waals surface area contributed by atoms with Crippen LogP contribution in [0.1, 0.15) is 22.8 Å². The van der Waals surface area contributed by atoms with Gasteiger partial charge in [-0.25, -0.2) is 0 Å². The molecular formula is C16H20N2O3. The molecule has 0 bridgehead atoms. The Kier molecular flexibility index (Phi) is 6.44. The van der Waals surface area contributed by atoms with E-state index in [-0.39, 0.29) is 30.9 Å². The highest BCUT2D eigenvalue weighted by atomic mass is 16.5. The first kappa shape index (κ1) is 16.7. The topological polar surface area (TPSA) is 72.6 Å². The summed E-state index contributed by atoms with van der Waals surface area (Å²) in [6, 6.07) is 7.07. The number of benzene rings is 1. The van der Waals surface area contributed by atoms with Gasteiger partial charge in [-0.05, 0) is 12.1 Å². The summed E-state index contributed by atoms with van der Waals surface area (Å²) in [5, 5.41) is 0. The van der Waals surface area contributed by atoms with Gasteiger partial charge in [0.2, 0.25) is 0 Å². The van der Waals surface area contributed by atoms with Crippen LogP contribution < -0.4 is 5.73 Å². The van der Waals surface area contributed by atoms with E-state index in [0.29, 0.717) is 11.1 Å². The fourth-order valence-electron chi connectivity index (χ4n) is 1.90. The minimum Gasteiger partial charge on any atom is -0.469 e. The molecule has 0 aromatic heterocycles. The summed E-state index contributed by atoms with van der Waals surface area (Å²) in [5.74, 6) is 4.71. The summed E-state index contributed by atoms with van der Waals surface area (Å²) in [6.45, 7) is 2.23. The molecule has 0 radical (unpaired) electrons. The number of esters is 1. The van der Waals surface area contributed by atoms with E-state index in [4.69, 9.17) is 5.73 Å². The summed E-state index contributed by atoms with van der Waals surface area (Å²) in [5.41, 5.74) is 6.48. The average molecular weight is 288 g/mol. The lowest BCUT2D eigenvalue weighted by Crippen LogP contribution is -2.34. The average Bonchev–Trinajstić information content (AvgIpc) is 2.51. The van der Waals surface area contributed by atoms with Crippen LogP contribution in [0.3, 0.4) is 0 Å². The lowest BCUT2D eigenvalue weighted by Gasteiger charge is -2.21. The standard InChI is InChI=1S/C16H20N2O3/c1-12(16(20)21-3)11-18(2)15(19)14-9-5-4-7-13(14)8-6-10-17/h4-5,7,9,12H,10-11,17H2,1-3H3.